The number of carbonyl (C=O) groups excluding carboxylic acids is 1. The third-order valence-electron chi connectivity index (χ3n) is 1.46. The maximum Gasteiger partial charge on any atom is 1.00 e. The van der Waals surface area contributed by atoms with Gasteiger partial charge in [0.2, 0.25) is 0 Å². The molecule has 82 valence electrons. The molecule has 0 fully saturated rings. The van der Waals surface area contributed by atoms with Gasteiger partial charge in [0, 0.05) is 19.4 Å². The van der Waals surface area contributed by atoms with Crippen LogP contribution in [0.1, 0.15) is 13.8 Å². The second kappa shape index (κ2) is 9.06. The number of hydrogen-bond acceptors (Lipinski definition) is 2. The normalized spacial score (nSPS) is 13.3. The Bertz CT molecular complexity index is 350. The van der Waals surface area contributed by atoms with Gasteiger partial charge in [0.1, 0.15) is 11.1 Å². The van der Waals surface area contributed by atoms with Crippen molar-refractivity contribution in [1.29, 1.82) is 0 Å². The predicted octanol–water partition coefficient (Wildman–Crippen LogP) is -0.123. The Morgan fingerprint density at radius 3 is 2.19 bits per heavy atom. The van der Waals surface area contributed by atoms with Gasteiger partial charge in [-0.2, -0.15) is 0 Å². The summed E-state index contributed by atoms with van der Waals surface area (Å²) >= 11 is 5.71. The van der Waals surface area contributed by atoms with E-state index in [1.54, 1.807) is 31.2 Å². The van der Waals surface area contributed by atoms with Crippen LogP contribution in [0, 0.1) is 5.38 Å². The van der Waals surface area contributed by atoms with Gasteiger partial charge in [-0.3, -0.25) is 4.79 Å². The molecule has 1 rings (SSSR count). The molecule has 0 heterocycles. The molecule has 0 bridgehead atoms. The van der Waals surface area contributed by atoms with E-state index in [0.717, 1.165) is 5.57 Å². The maximum atomic E-state index is 10.6. The maximum absolute atomic E-state index is 10.6. The second-order valence-electron chi connectivity index (χ2n) is 2.78. The number of carbonyl (C=O) groups is 1. The first-order valence-corrected chi connectivity index (χ1v) is 4.50. The number of halogens is 2. The minimum absolute atomic E-state index is 0. The molecule has 0 aromatic rings. The van der Waals surface area contributed by atoms with E-state index < -0.39 is 0 Å². The van der Waals surface area contributed by atoms with Crippen molar-refractivity contribution in [2.75, 3.05) is 0 Å². The fourth-order valence-corrected chi connectivity index (χ4v) is 1.10. The predicted molar refractivity (Wildman–Crippen MR) is 55.4 cm³/mol. The van der Waals surface area contributed by atoms with Crippen molar-refractivity contribution in [3.05, 3.63) is 46.7 Å². The van der Waals surface area contributed by atoms with Crippen LogP contribution in [0.4, 0.5) is 0 Å². The van der Waals surface area contributed by atoms with Crippen LogP contribution in [-0.2, 0) is 37.2 Å². The first-order chi connectivity index (χ1) is 6.58. The summed E-state index contributed by atoms with van der Waals surface area (Å²) in [6, 6.07) is 0. The Kier molecular flexibility index (Phi) is 10.4. The summed E-state index contributed by atoms with van der Waals surface area (Å²) in [5, 5.41) is 0.667. The van der Waals surface area contributed by atoms with Crippen LogP contribution >= 0.6 is 11.6 Å². The Labute approximate surface area is 127 Å². The molecule has 0 N–H and O–H groups in total. The molecule has 2 nitrogen and oxygen atoms in total. The van der Waals surface area contributed by atoms with Gasteiger partial charge in [-0.05, 0) is 12.2 Å². The topological polar surface area (TPSA) is 26.3 Å². The van der Waals surface area contributed by atoms with E-state index in [9.17, 15) is 4.79 Å². The number of allylic oxidation sites excluding steroid dienone is 5. The Balaban J connectivity index is 0. The van der Waals surface area contributed by atoms with Crippen molar-refractivity contribution in [1.82, 2.24) is 0 Å². The molecule has 0 aromatic heterocycles. The van der Waals surface area contributed by atoms with Gasteiger partial charge in [0.25, 0.3) is 0 Å². The molecule has 1 aliphatic carbocycles. The number of ether oxygens (including phenoxy) is 1. The zero-order valence-electron chi connectivity index (χ0n) is 9.09. The Morgan fingerprint density at radius 2 is 1.75 bits per heavy atom. The molecule has 0 saturated heterocycles. The van der Waals surface area contributed by atoms with Gasteiger partial charge >= 0.3 is 33.6 Å². The van der Waals surface area contributed by atoms with Crippen molar-refractivity contribution in [2.24, 2.45) is 0 Å². The standard InChI is InChI=1S/C11H10ClO2.ClH.Hg/c1-8(14-9(2)13)7-10-3-5-11(12)6-4-10;;/h3-6H,1-2H3;1H;/q;;+1/p-1. The van der Waals surface area contributed by atoms with Gasteiger partial charge in [-0.1, -0.05) is 17.9 Å². The fourth-order valence-electron chi connectivity index (χ4n) is 0.978. The molecule has 0 aromatic carbocycles. The zero-order valence-corrected chi connectivity index (χ0v) is 16.1. The van der Waals surface area contributed by atoms with Gasteiger partial charge in [-0.15, -0.1) is 11.6 Å². The minimum atomic E-state index is -0.344. The van der Waals surface area contributed by atoms with Crippen LogP contribution in [0.25, 0.3) is 0 Å². The smallest absolute Gasteiger partial charge is 1.00 e. The quantitative estimate of drug-likeness (QED) is 0.243. The van der Waals surface area contributed by atoms with E-state index in [4.69, 9.17) is 16.3 Å². The average Bonchev–Trinajstić information content (AvgIpc) is 2.07. The SMILES string of the molecule is CC(=O)OC(C)=C=C1C=C[C](Cl)C=C1.[Cl-].[Hg+]. The van der Waals surface area contributed by atoms with Crippen LogP contribution < -0.4 is 12.4 Å². The van der Waals surface area contributed by atoms with Gasteiger partial charge < -0.3 is 17.1 Å². The first kappa shape index (κ1) is 18.4. The molecular weight excluding hydrogens is 436 g/mol. The minimum Gasteiger partial charge on any atom is -1.00 e. The molecule has 2 radical (unpaired) electrons. The number of esters is 1. The average molecular weight is 446 g/mol. The summed E-state index contributed by atoms with van der Waals surface area (Å²) in [4.78, 5) is 10.6. The molecule has 0 aliphatic heterocycles. The van der Waals surface area contributed by atoms with Crippen molar-refractivity contribution in [2.45, 2.75) is 13.8 Å². The van der Waals surface area contributed by atoms with Crippen LogP contribution in [0.2, 0.25) is 0 Å². The van der Waals surface area contributed by atoms with Crippen molar-refractivity contribution in [3.8, 4) is 0 Å². The fraction of sp³-hybridized carbons (Fsp3) is 0.182. The third kappa shape index (κ3) is 7.29. The van der Waals surface area contributed by atoms with Crippen molar-refractivity contribution >= 4 is 17.6 Å². The first-order valence-electron chi connectivity index (χ1n) is 4.12. The summed E-state index contributed by atoms with van der Waals surface area (Å²) in [6.45, 7) is 3.03. The van der Waals surface area contributed by atoms with E-state index in [2.05, 4.69) is 5.73 Å². The molecule has 0 spiro atoms. The Morgan fingerprint density at radius 1 is 1.25 bits per heavy atom. The van der Waals surface area contributed by atoms with Crippen LogP contribution in [0.3, 0.4) is 0 Å². The summed E-state index contributed by atoms with van der Waals surface area (Å²) < 4.78 is 4.82. The second-order valence-corrected chi connectivity index (χ2v) is 3.22. The molecule has 16 heavy (non-hydrogen) atoms. The van der Waals surface area contributed by atoms with Crippen molar-refractivity contribution < 1.29 is 49.6 Å². The van der Waals surface area contributed by atoms with Gasteiger partial charge in [0.15, 0.2) is 0 Å². The largest absolute Gasteiger partial charge is 1.00 e. The van der Waals surface area contributed by atoms with Crippen LogP contribution in [-0.4, -0.2) is 5.97 Å². The van der Waals surface area contributed by atoms with Crippen molar-refractivity contribution in [3.63, 3.8) is 0 Å². The number of hydrogen-bond donors (Lipinski definition) is 0. The molecular formula is C11H10Cl2HgO2. The van der Waals surface area contributed by atoms with Gasteiger partial charge in [-0.25, -0.2) is 0 Å². The van der Waals surface area contributed by atoms with Crippen LogP contribution in [0.5, 0.6) is 0 Å². The zero-order chi connectivity index (χ0) is 10.6. The molecule has 0 saturated carbocycles. The molecule has 1 aliphatic rings. The van der Waals surface area contributed by atoms with Crippen LogP contribution in [0.15, 0.2) is 41.4 Å². The van der Waals surface area contributed by atoms with Gasteiger partial charge in [0.05, 0.1) is 0 Å². The molecule has 0 amide bonds. The molecule has 0 atom stereocenters. The van der Waals surface area contributed by atoms with E-state index in [1.807, 2.05) is 0 Å². The Hall–Kier alpha value is -0.0149. The monoisotopic (exact) mass is 446 g/mol. The number of rotatable bonds is 1. The summed E-state index contributed by atoms with van der Waals surface area (Å²) in [6.07, 6.45) is 7.11. The molecule has 0 unspecified atom stereocenters. The van der Waals surface area contributed by atoms with E-state index in [-0.39, 0.29) is 46.0 Å². The summed E-state index contributed by atoms with van der Waals surface area (Å²) in [5.74, 6) is 0.101. The van der Waals surface area contributed by atoms with E-state index in [0.29, 0.717) is 11.1 Å². The molecule has 5 heteroatoms. The van der Waals surface area contributed by atoms with E-state index in [1.165, 1.54) is 6.92 Å². The third-order valence-corrected chi connectivity index (χ3v) is 1.71. The van der Waals surface area contributed by atoms with E-state index >= 15 is 0 Å². The summed E-state index contributed by atoms with van der Waals surface area (Å²) in [5.41, 5.74) is 3.74. The summed E-state index contributed by atoms with van der Waals surface area (Å²) in [7, 11) is 0.